The predicted molar refractivity (Wildman–Crippen MR) is 79.7 cm³/mol. The molecule has 118 valence electrons. The Balaban J connectivity index is 1.59. The molecule has 7 nitrogen and oxygen atoms in total. The lowest BCUT2D eigenvalue weighted by molar-refractivity contribution is 0.242. The zero-order valence-electron chi connectivity index (χ0n) is 12.1. The van der Waals surface area contributed by atoms with Crippen LogP contribution in [0.1, 0.15) is 37.7 Å². The fourth-order valence-corrected chi connectivity index (χ4v) is 4.17. The molecule has 3 N–H and O–H groups in total. The van der Waals surface area contributed by atoms with E-state index < -0.39 is 10.2 Å². The second kappa shape index (κ2) is 6.43. The summed E-state index contributed by atoms with van der Waals surface area (Å²) in [6.45, 7) is 1.65. The first-order chi connectivity index (χ1) is 10.1. The van der Waals surface area contributed by atoms with Crippen molar-refractivity contribution in [1.82, 2.24) is 24.5 Å². The first-order valence-electron chi connectivity index (χ1n) is 7.62. The van der Waals surface area contributed by atoms with Crippen LogP contribution in [0.2, 0.25) is 0 Å². The molecule has 1 aromatic heterocycles. The highest BCUT2D eigenvalue weighted by molar-refractivity contribution is 7.87. The number of hydrogen-bond acceptors (Lipinski definition) is 4. The van der Waals surface area contributed by atoms with Gasteiger partial charge in [0.1, 0.15) is 0 Å². The van der Waals surface area contributed by atoms with Crippen molar-refractivity contribution in [2.24, 2.45) is 0 Å². The van der Waals surface area contributed by atoms with E-state index in [0.717, 1.165) is 31.4 Å². The van der Waals surface area contributed by atoms with Crippen molar-refractivity contribution < 1.29 is 8.42 Å². The van der Waals surface area contributed by atoms with Gasteiger partial charge >= 0.3 is 0 Å². The minimum absolute atomic E-state index is 0.0706. The van der Waals surface area contributed by atoms with Crippen LogP contribution in [0.3, 0.4) is 0 Å². The van der Waals surface area contributed by atoms with E-state index in [1.54, 1.807) is 16.7 Å². The first kappa shape index (κ1) is 15.0. The van der Waals surface area contributed by atoms with E-state index in [1.165, 1.54) is 12.8 Å². The van der Waals surface area contributed by atoms with Crippen LogP contribution in [0.25, 0.3) is 0 Å². The summed E-state index contributed by atoms with van der Waals surface area (Å²) in [5.74, 6) is 0. The largest absolute Gasteiger partial charge is 0.312 e. The summed E-state index contributed by atoms with van der Waals surface area (Å²) in [6.07, 6.45) is 8.75. The van der Waals surface area contributed by atoms with E-state index in [1.807, 2.05) is 0 Å². The molecule has 0 aromatic carbocycles. The average Bonchev–Trinajstić information content (AvgIpc) is 3.17. The number of rotatable bonds is 7. The maximum absolute atomic E-state index is 12.5. The molecule has 0 radical (unpaired) electrons. The third kappa shape index (κ3) is 4.03. The SMILES string of the molecule is O=S(=O)(NCc1cn[nH]c1)N1CCCCC1CNC1CC1. The van der Waals surface area contributed by atoms with Crippen molar-refractivity contribution in [2.75, 3.05) is 13.1 Å². The second-order valence-corrected chi connectivity index (χ2v) is 7.58. The smallest absolute Gasteiger partial charge is 0.280 e. The van der Waals surface area contributed by atoms with E-state index in [-0.39, 0.29) is 12.6 Å². The van der Waals surface area contributed by atoms with Gasteiger partial charge in [0.15, 0.2) is 0 Å². The lowest BCUT2D eigenvalue weighted by atomic mass is 10.1. The quantitative estimate of drug-likeness (QED) is 0.677. The van der Waals surface area contributed by atoms with Crippen molar-refractivity contribution >= 4 is 10.2 Å². The molecule has 1 aromatic rings. The van der Waals surface area contributed by atoms with Gasteiger partial charge in [-0.3, -0.25) is 5.10 Å². The third-order valence-electron chi connectivity index (χ3n) is 4.11. The van der Waals surface area contributed by atoms with Crippen LogP contribution in [-0.4, -0.2) is 48.1 Å². The molecule has 2 aliphatic rings. The van der Waals surface area contributed by atoms with E-state index in [9.17, 15) is 8.42 Å². The van der Waals surface area contributed by atoms with Crippen LogP contribution >= 0.6 is 0 Å². The number of nitrogens with one attached hydrogen (secondary N) is 3. The maximum atomic E-state index is 12.5. The van der Waals surface area contributed by atoms with Crippen molar-refractivity contribution in [1.29, 1.82) is 0 Å². The lowest BCUT2D eigenvalue weighted by Crippen LogP contribution is -2.52. The van der Waals surface area contributed by atoms with Gasteiger partial charge in [-0.25, -0.2) is 0 Å². The zero-order chi connectivity index (χ0) is 14.7. The molecule has 21 heavy (non-hydrogen) atoms. The monoisotopic (exact) mass is 313 g/mol. The van der Waals surface area contributed by atoms with Gasteiger partial charge in [0.05, 0.1) is 6.20 Å². The Kier molecular flexibility index (Phi) is 4.58. The maximum Gasteiger partial charge on any atom is 0.280 e. The Morgan fingerprint density at radius 1 is 1.33 bits per heavy atom. The highest BCUT2D eigenvalue weighted by atomic mass is 32.2. The number of aromatic amines is 1. The molecule has 1 unspecified atom stereocenters. The zero-order valence-corrected chi connectivity index (χ0v) is 12.9. The number of H-pyrrole nitrogens is 1. The standard InChI is InChI=1S/C13H23N5O2S/c19-21(20,17-9-11-7-15-16-8-11)18-6-2-1-3-13(18)10-14-12-4-5-12/h7-8,12-14,17H,1-6,9-10H2,(H,15,16). The van der Waals surface area contributed by atoms with Crippen LogP contribution in [0.15, 0.2) is 12.4 Å². The molecule has 1 atom stereocenters. The summed E-state index contributed by atoms with van der Waals surface area (Å²) >= 11 is 0. The minimum Gasteiger partial charge on any atom is -0.312 e. The molecule has 3 rings (SSSR count). The molecule has 0 bridgehead atoms. The molecule has 8 heteroatoms. The van der Waals surface area contributed by atoms with E-state index in [2.05, 4.69) is 20.2 Å². The van der Waals surface area contributed by atoms with Gasteiger partial charge in [-0.1, -0.05) is 6.42 Å². The number of hydrogen-bond donors (Lipinski definition) is 3. The third-order valence-corrected chi connectivity index (χ3v) is 5.72. The van der Waals surface area contributed by atoms with E-state index in [4.69, 9.17) is 0 Å². The Hall–Kier alpha value is -0.960. The van der Waals surface area contributed by atoms with Gasteiger partial charge < -0.3 is 5.32 Å². The second-order valence-electron chi connectivity index (χ2n) is 5.88. The molecule has 1 saturated carbocycles. The molecule has 2 heterocycles. The van der Waals surface area contributed by atoms with Crippen LogP contribution in [0.4, 0.5) is 0 Å². The number of piperidine rings is 1. The Morgan fingerprint density at radius 3 is 2.90 bits per heavy atom. The molecule has 1 aliphatic carbocycles. The Morgan fingerprint density at radius 2 is 2.19 bits per heavy atom. The van der Waals surface area contributed by atoms with Crippen LogP contribution < -0.4 is 10.0 Å². The van der Waals surface area contributed by atoms with Crippen molar-refractivity contribution in [3.8, 4) is 0 Å². The normalized spacial score (nSPS) is 24.3. The molecule has 1 saturated heterocycles. The Bertz CT molecular complexity index is 541. The van der Waals surface area contributed by atoms with Gasteiger partial charge in [-0.15, -0.1) is 0 Å². The van der Waals surface area contributed by atoms with Crippen LogP contribution in [0, 0.1) is 0 Å². The van der Waals surface area contributed by atoms with Crippen LogP contribution in [-0.2, 0) is 16.8 Å². The molecule has 0 amide bonds. The molecule has 0 spiro atoms. The van der Waals surface area contributed by atoms with Crippen molar-refractivity contribution in [3.63, 3.8) is 0 Å². The van der Waals surface area contributed by atoms with E-state index >= 15 is 0 Å². The fourth-order valence-electron chi connectivity index (χ4n) is 2.72. The molecular weight excluding hydrogens is 290 g/mol. The van der Waals surface area contributed by atoms with Gasteiger partial charge in [-0.05, 0) is 25.7 Å². The predicted octanol–water partition coefficient (Wildman–Crippen LogP) is 0.351. The number of aromatic nitrogens is 2. The van der Waals surface area contributed by atoms with Crippen molar-refractivity contribution in [2.45, 2.75) is 50.7 Å². The van der Waals surface area contributed by atoms with Gasteiger partial charge in [-0.2, -0.15) is 22.5 Å². The summed E-state index contributed by atoms with van der Waals surface area (Å²) in [5.41, 5.74) is 0.836. The first-order valence-corrected chi connectivity index (χ1v) is 9.06. The van der Waals surface area contributed by atoms with Crippen LogP contribution in [0.5, 0.6) is 0 Å². The molecular formula is C13H23N5O2S. The summed E-state index contributed by atoms with van der Waals surface area (Å²) < 4.78 is 29.3. The van der Waals surface area contributed by atoms with E-state index in [0.29, 0.717) is 12.6 Å². The van der Waals surface area contributed by atoms with Gasteiger partial charge in [0.25, 0.3) is 10.2 Å². The lowest BCUT2D eigenvalue weighted by Gasteiger charge is -2.34. The van der Waals surface area contributed by atoms with Crippen molar-refractivity contribution in [3.05, 3.63) is 18.0 Å². The van der Waals surface area contributed by atoms with Gasteiger partial charge in [0, 0.05) is 43.5 Å². The summed E-state index contributed by atoms with van der Waals surface area (Å²) in [5, 5.41) is 9.96. The molecule has 1 aliphatic heterocycles. The summed E-state index contributed by atoms with van der Waals surface area (Å²) in [6, 6.07) is 0.677. The fraction of sp³-hybridized carbons (Fsp3) is 0.769. The topological polar surface area (TPSA) is 90.1 Å². The molecule has 2 fully saturated rings. The van der Waals surface area contributed by atoms with Gasteiger partial charge in [0.2, 0.25) is 0 Å². The highest BCUT2D eigenvalue weighted by Crippen LogP contribution is 2.22. The Labute approximate surface area is 125 Å². The summed E-state index contributed by atoms with van der Waals surface area (Å²) in [7, 11) is -3.43. The average molecular weight is 313 g/mol. The minimum atomic E-state index is -3.43. The number of nitrogens with zero attached hydrogens (tertiary/aromatic N) is 2. The summed E-state index contributed by atoms with van der Waals surface area (Å²) in [4.78, 5) is 0. The highest BCUT2D eigenvalue weighted by Gasteiger charge is 2.33.